The van der Waals surface area contributed by atoms with E-state index in [1.807, 2.05) is 0 Å². The quantitative estimate of drug-likeness (QED) is 0.738. The fourth-order valence-corrected chi connectivity index (χ4v) is 2.76. The largest absolute Gasteiger partial charge is 0.294 e. The van der Waals surface area contributed by atoms with Crippen molar-refractivity contribution in [2.75, 3.05) is 0 Å². The van der Waals surface area contributed by atoms with E-state index in [4.69, 9.17) is 0 Å². The first kappa shape index (κ1) is 11.8. The van der Waals surface area contributed by atoms with Gasteiger partial charge in [-0.25, -0.2) is 4.39 Å². The lowest BCUT2D eigenvalue weighted by atomic mass is 9.84. The minimum Gasteiger partial charge on any atom is -0.294 e. The summed E-state index contributed by atoms with van der Waals surface area (Å²) < 4.78 is 13.8. The van der Waals surface area contributed by atoms with Crippen LogP contribution in [-0.4, -0.2) is 5.78 Å². The van der Waals surface area contributed by atoms with Crippen LogP contribution in [0.4, 0.5) is 4.39 Å². The van der Waals surface area contributed by atoms with Gasteiger partial charge in [0.05, 0.1) is 0 Å². The molecule has 0 saturated heterocycles. The molecule has 0 radical (unpaired) electrons. The predicted octanol–water partition coefficient (Wildman–Crippen LogP) is 4.35. The molecule has 0 spiro atoms. The summed E-state index contributed by atoms with van der Waals surface area (Å²) >= 11 is 3.21. The van der Waals surface area contributed by atoms with Gasteiger partial charge in [-0.1, -0.05) is 35.2 Å². The van der Waals surface area contributed by atoms with Crippen LogP contribution in [0.15, 0.2) is 22.7 Å². The van der Waals surface area contributed by atoms with Gasteiger partial charge in [0.1, 0.15) is 5.82 Å². The molecule has 1 aromatic carbocycles. The van der Waals surface area contributed by atoms with Crippen molar-refractivity contribution in [3.63, 3.8) is 0 Å². The fraction of sp³-hybridized carbons (Fsp3) is 0.462. The standard InChI is InChI=1S/C13H14BrFO/c14-11-6-10(7-12(15)8-11)13(16)9-4-2-1-3-5-9/h6-9H,1-5H2. The average Bonchev–Trinajstić information content (AvgIpc) is 2.28. The number of Topliss-reactive ketones (excluding diaryl/α,β-unsaturated/α-hetero) is 1. The van der Waals surface area contributed by atoms with Crippen molar-refractivity contribution in [3.05, 3.63) is 34.1 Å². The molecule has 0 amide bonds. The molecular weight excluding hydrogens is 271 g/mol. The molecule has 0 atom stereocenters. The third kappa shape index (κ3) is 2.70. The highest BCUT2D eigenvalue weighted by Gasteiger charge is 2.22. The Morgan fingerprint density at radius 1 is 1.19 bits per heavy atom. The Kier molecular flexibility index (Phi) is 3.74. The van der Waals surface area contributed by atoms with Crippen molar-refractivity contribution >= 4 is 21.7 Å². The molecular formula is C13H14BrFO. The van der Waals surface area contributed by atoms with E-state index in [0.29, 0.717) is 10.0 Å². The molecule has 0 N–H and O–H groups in total. The monoisotopic (exact) mass is 284 g/mol. The van der Waals surface area contributed by atoms with Crippen LogP contribution in [0.5, 0.6) is 0 Å². The van der Waals surface area contributed by atoms with Gasteiger partial charge < -0.3 is 0 Å². The molecule has 16 heavy (non-hydrogen) atoms. The van der Waals surface area contributed by atoms with Crippen molar-refractivity contribution in [2.24, 2.45) is 5.92 Å². The second kappa shape index (κ2) is 5.09. The lowest BCUT2D eigenvalue weighted by molar-refractivity contribution is 0.0889. The van der Waals surface area contributed by atoms with Gasteiger partial charge in [-0.05, 0) is 31.0 Å². The van der Waals surface area contributed by atoms with Crippen LogP contribution in [0.3, 0.4) is 0 Å². The van der Waals surface area contributed by atoms with E-state index in [1.165, 1.54) is 18.6 Å². The van der Waals surface area contributed by atoms with E-state index in [2.05, 4.69) is 15.9 Å². The van der Waals surface area contributed by atoms with Gasteiger partial charge in [0.15, 0.2) is 5.78 Å². The minimum atomic E-state index is -0.353. The van der Waals surface area contributed by atoms with E-state index in [9.17, 15) is 9.18 Å². The van der Waals surface area contributed by atoms with Crippen molar-refractivity contribution in [1.82, 2.24) is 0 Å². The van der Waals surface area contributed by atoms with E-state index in [1.54, 1.807) is 6.07 Å². The highest BCUT2D eigenvalue weighted by molar-refractivity contribution is 9.10. The first-order chi connectivity index (χ1) is 7.66. The highest BCUT2D eigenvalue weighted by atomic mass is 79.9. The summed E-state index contributed by atoms with van der Waals surface area (Å²) in [5.41, 5.74) is 0.499. The zero-order chi connectivity index (χ0) is 11.5. The van der Waals surface area contributed by atoms with Crippen molar-refractivity contribution in [3.8, 4) is 0 Å². The Morgan fingerprint density at radius 3 is 2.50 bits per heavy atom. The van der Waals surface area contributed by atoms with Crippen LogP contribution in [0, 0.1) is 11.7 Å². The zero-order valence-corrected chi connectivity index (χ0v) is 10.6. The second-order valence-electron chi connectivity index (χ2n) is 4.36. The molecule has 0 bridgehead atoms. The van der Waals surface area contributed by atoms with E-state index in [-0.39, 0.29) is 17.5 Å². The lowest BCUT2D eigenvalue weighted by Crippen LogP contribution is -2.18. The smallest absolute Gasteiger partial charge is 0.166 e. The zero-order valence-electron chi connectivity index (χ0n) is 9.01. The topological polar surface area (TPSA) is 17.1 Å². The number of carbonyl (C=O) groups is 1. The van der Waals surface area contributed by atoms with Gasteiger partial charge in [-0.2, -0.15) is 0 Å². The Bertz CT molecular complexity index is 377. The molecule has 1 saturated carbocycles. The van der Waals surface area contributed by atoms with Gasteiger partial charge in [-0.3, -0.25) is 4.79 Å². The van der Waals surface area contributed by atoms with Crippen molar-refractivity contribution in [1.29, 1.82) is 0 Å². The first-order valence-electron chi connectivity index (χ1n) is 5.67. The van der Waals surface area contributed by atoms with Crippen LogP contribution in [0.2, 0.25) is 0 Å². The normalized spacial score (nSPS) is 17.4. The molecule has 2 rings (SSSR count). The minimum absolute atomic E-state index is 0.0971. The number of ketones is 1. The van der Waals surface area contributed by atoms with E-state index in [0.717, 1.165) is 25.7 Å². The summed E-state index contributed by atoms with van der Waals surface area (Å²) in [7, 11) is 0. The number of hydrogen-bond donors (Lipinski definition) is 0. The summed E-state index contributed by atoms with van der Waals surface area (Å²) in [4.78, 5) is 12.1. The summed E-state index contributed by atoms with van der Waals surface area (Å²) in [5.74, 6) is -0.157. The van der Waals surface area contributed by atoms with E-state index >= 15 is 0 Å². The Hall–Kier alpha value is -0.700. The molecule has 86 valence electrons. The molecule has 0 aromatic heterocycles. The van der Waals surface area contributed by atoms with Gasteiger partial charge in [0, 0.05) is 16.0 Å². The summed E-state index contributed by atoms with van der Waals surface area (Å²) in [6.45, 7) is 0. The van der Waals surface area contributed by atoms with Gasteiger partial charge in [0.25, 0.3) is 0 Å². The van der Waals surface area contributed by atoms with Crippen LogP contribution < -0.4 is 0 Å². The molecule has 1 fully saturated rings. The van der Waals surface area contributed by atoms with Gasteiger partial charge in [0.2, 0.25) is 0 Å². The number of benzene rings is 1. The van der Waals surface area contributed by atoms with Crippen LogP contribution in [0.25, 0.3) is 0 Å². The third-order valence-electron chi connectivity index (χ3n) is 3.12. The Labute approximate surface area is 103 Å². The predicted molar refractivity (Wildman–Crippen MR) is 65.0 cm³/mol. The molecule has 1 aliphatic carbocycles. The van der Waals surface area contributed by atoms with Crippen LogP contribution in [0.1, 0.15) is 42.5 Å². The molecule has 0 heterocycles. The highest BCUT2D eigenvalue weighted by Crippen LogP contribution is 2.28. The third-order valence-corrected chi connectivity index (χ3v) is 3.58. The van der Waals surface area contributed by atoms with Gasteiger partial charge in [-0.15, -0.1) is 0 Å². The molecule has 1 aromatic rings. The fourth-order valence-electron chi connectivity index (χ4n) is 2.30. The Balaban J connectivity index is 2.19. The summed E-state index contributed by atoms with van der Waals surface area (Å²) in [6.07, 6.45) is 5.36. The number of halogens is 2. The SMILES string of the molecule is O=C(c1cc(F)cc(Br)c1)C1CCCCC1. The maximum atomic E-state index is 13.2. The summed E-state index contributed by atoms with van der Waals surface area (Å²) in [5, 5.41) is 0. The lowest BCUT2D eigenvalue weighted by Gasteiger charge is -2.20. The van der Waals surface area contributed by atoms with Gasteiger partial charge >= 0.3 is 0 Å². The molecule has 3 heteroatoms. The van der Waals surface area contributed by atoms with Crippen molar-refractivity contribution < 1.29 is 9.18 Å². The maximum Gasteiger partial charge on any atom is 0.166 e. The molecule has 0 aliphatic heterocycles. The molecule has 1 aliphatic rings. The molecule has 0 unspecified atom stereocenters. The number of hydrogen-bond acceptors (Lipinski definition) is 1. The van der Waals surface area contributed by atoms with Crippen LogP contribution >= 0.6 is 15.9 Å². The Morgan fingerprint density at radius 2 is 1.88 bits per heavy atom. The average molecular weight is 285 g/mol. The summed E-state index contributed by atoms with van der Waals surface area (Å²) in [6, 6.07) is 4.42. The van der Waals surface area contributed by atoms with Crippen molar-refractivity contribution in [2.45, 2.75) is 32.1 Å². The van der Waals surface area contributed by atoms with Crippen LogP contribution in [-0.2, 0) is 0 Å². The van der Waals surface area contributed by atoms with E-state index < -0.39 is 0 Å². The maximum absolute atomic E-state index is 13.2. The number of rotatable bonds is 2. The second-order valence-corrected chi connectivity index (χ2v) is 5.27. The number of carbonyl (C=O) groups excluding carboxylic acids is 1. The molecule has 1 nitrogen and oxygen atoms in total. The first-order valence-corrected chi connectivity index (χ1v) is 6.46.